The highest BCUT2D eigenvalue weighted by Crippen LogP contribution is 2.26. The van der Waals surface area contributed by atoms with Crippen molar-refractivity contribution in [3.05, 3.63) is 29.8 Å². The van der Waals surface area contributed by atoms with Crippen molar-refractivity contribution in [3.63, 3.8) is 0 Å². The lowest BCUT2D eigenvalue weighted by Crippen LogP contribution is -2.33. The summed E-state index contributed by atoms with van der Waals surface area (Å²) >= 11 is 0. The van der Waals surface area contributed by atoms with Crippen LogP contribution in [-0.2, 0) is 20.7 Å². The third-order valence-electron chi connectivity index (χ3n) is 3.52. The van der Waals surface area contributed by atoms with Crippen LogP contribution in [0.25, 0.3) is 0 Å². The first-order valence-corrected chi connectivity index (χ1v) is 7.33. The Morgan fingerprint density at radius 3 is 3.10 bits per heavy atom. The lowest BCUT2D eigenvalue weighted by molar-refractivity contribution is -0.126. The standard InChI is InChI=1S/C16H23NO4/c1-19-8-9-20-12-16(18)17-11-13-6-7-21-15-5-3-2-4-14(15)10-13/h2-5,13H,6-12H2,1H3,(H,17,18). The summed E-state index contributed by atoms with van der Waals surface area (Å²) in [4.78, 5) is 11.7. The van der Waals surface area contributed by atoms with Crippen LogP contribution in [-0.4, -0.2) is 46.0 Å². The first-order valence-electron chi connectivity index (χ1n) is 7.33. The van der Waals surface area contributed by atoms with Crippen molar-refractivity contribution in [3.8, 4) is 5.75 Å². The largest absolute Gasteiger partial charge is 0.493 e. The second-order valence-corrected chi connectivity index (χ2v) is 5.16. The van der Waals surface area contributed by atoms with Crippen molar-refractivity contribution in [2.75, 3.05) is 40.1 Å². The van der Waals surface area contributed by atoms with Gasteiger partial charge in [0.15, 0.2) is 0 Å². The molecule has 2 rings (SSSR count). The van der Waals surface area contributed by atoms with Gasteiger partial charge in [0, 0.05) is 13.7 Å². The number of amides is 1. The van der Waals surface area contributed by atoms with Gasteiger partial charge in [-0.15, -0.1) is 0 Å². The number of fused-ring (bicyclic) bond motifs is 1. The summed E-state index contributed by atoms with van der Waals surface area (Å²) in [5, 5.41) is 2.93. The monoisotopic (exact) mass is 293 g/mol. The number of para-hydroxylation sites is 1. The van der Waals surface area contributed by atoms with E-state index in [9.17, 15) is 4.79 Å². The average molecular weight is 293 g/mol. The number of hydrogen-bond acceptors (Lipinski definition) is 4. The van der Waals surface area contributed by atoms with Crippen LogP contribution in [0.1, 0.15) is 12.0 Å². The van der Waals surface area contributed by atoms with Crippen molar-refractivity contribution in [2.45, 2.75) is 12.8 Å². The minimum absolute atomic E-state index is 0.0791. The molecule has 5 heteroatoms. The van der Waals surface area contributed by atoms with Crippen LogP contribution in [0, 0.1) is 5.92 Å². The molecule has 5 nitrogen and oxygen atoms in total. The van der Waals surface area contributed by atoms with Gasteiger partial charge in [-0.1, -0.05) is 18.2 Å². The molecule has 1 atom stereocenters. The number of carbonyl (C=O) groups is 1. The Morgan fingerprint density at radius 2 is 2.24 bits per heavy atom. The fraction of sp³-hybridized carbons (Fsp3) is 0.562. The summed E-state index contributed by atoms with van der Waals surface area (Å²) in [6.45, 7) is 2.38. The van der Waals surface area contributed by atoms with E-state index in [1.54, 1.807) is 7.11 Å². The molecule has 116 valence electrons. The van der Waals surface area contributed by atoms with Gasteiger partial charge in [-0.05, 0) is 30.4 Å². The molecule has 0 fully saturated rings. The third kappa shape index (κ3) is 5.36. The van der Waals surface area contributed by atoms with Crippen LogP contribution >= 0.6 is 0 Å². The minimum atomic E-state index is -0.0791. The summed E-state index contributed by atoms with van der Waals surface area (Å²) in [5.41, 5.74) is 1.21. The van der Waals surface area contributed by atoms with Crippen LogP contribution in [0.3, 0.4) is 0 Å². The maximum absolute atomic E-state index is 11.7. The van der Waals surface area contributed by atoms with Gasteiger partial charge in [-0.25, -0.2) is 0 Å². The quantitative estimate of drug-likeness (QED) is 0.772. The summed E-state index contributed by atoms with van der Waals surface area (Å²) in [6, 6.07) is 8.09. The Balaban J connectivity index is 1.72. The molecule has 0 aromatic heterocycles. The molecule has 0 spiro atoms. The number of hydrogen-bond donors (Lipinski definition) is 1. The second-order valence-electron chi connectivity index (χ2n) is 5.16. The molecule has 1 unspecified atom stereocenters. The van der Waals surface area contributed by atoms with Gasteiger partial charge in [0.25, 0.3) is 0 Å². The molecular formula is C16H23NO4. The maximum Gasteiger partial charge on any atom is 0.246 e. The van der Waals surface area contributed by atoms with E-state index in [0.717, 1.165) is 18.6 Å². The highest BCUT2D eigenvalue weighted by molar-refractivity contribution is 5.77. The summed E-state index contributed by atoms with van der Waals surface area (Å²) in [5.74, 6) is 1.29. The highest BCUT2D eigenvalue weighted by Gasteiger charge is 2.17. The molecule has 1 aromatic rings. The van der Waals surface area contributed by atoms with Crippen LogP contribution in [0.15, 0.2) is 24.3 Å². The Morgan fingerprint density at radius 1 is 1.38 bits per heavy atom. The number of carbonyl (C=O) groups excluding carboxylic acids is 1. The van der Waals surface area contributed by atoms with E-state index in [4.69, 9.17) is 14.2 Å². The molecule has 0 saturated heterocycles. The zero-order valence-electron chi connectivity index (χ0n) is 12.5. The molecule has 1 heterocycles. The van der Waals surface area contributed by atoms with Gasteiger partial charge in [-0.3, -0.25) is 4.79 Å². The van der Waals surface area contributed by atoms with E-state index in [1.165, 1.54) is 5.56 Å². The molecule has 0 aliphatic carbocycles. The van der Waals surface area contributed by atoms with Gasteiger partial charge >= 0.3 is 0 Å². The number of ether oxygens (including phenoxy) is 3. The zero-order valence-corrected chi connectivity index (χ0v) is 12.5. The van der Waals surface area contributed by atoms with E-state index in [-0.39, 0.29) is 12.5 Å². The molecule has 1 N–H and O–H groups in total. The predicted octanol–water partition coefficient (Wildman–Crippen LogP) is 1.41. The smallest absolute Gasteiger partial charge is 0.246 e. The zero-order chi connectivity index (χ0) is 14.9. The Hall–Kier alpha value is -1.59. The lowest BCUT2D eigenvalue weighted by atomic mass is 9.97. The average Bonchev–Trinajstić information content (AvgIpc) is 2.71. The Labute approximate surface area is 125 Å². The molecule has 0 radical (unpaired) electrons. The van der Waals surface area contributed by atoms with E-state index >= 15 is 0 Å². The Bertz CT molecular complexity index is 450. The van der Waals surface area contributed by atoms with Gasteiger partial charge < -0.3 is 19.5 Å². The van der Waals surface area contributed by atoms with E-state index < -0.39 is 0 Å². The van der Waals surface area contributed by atoms with Crippen LogP contribution in [0.2, 0.25) is 0 Å². The number of rotatable bonds is 7. The molecule has 0 saturated carbocycles. The normalized spacial score (nSPS) is 17.5. The fourth-order valence-electron chi connectivity index (χ4n) is 2.35. The second kappa shape index (κ2) is 8.64. The predicted molar refractivity (Wildman–Crippen MR) is 79.5 cm³/mol. The SMILES string of the molecule is COCCOCC(=O)NCC1CCOc2ccccc2C1. The van der Waals surface area contributed by atoms with Gasteiger partial charge in [0.1, 0.15) is 12.4 Å². The lowest BCUT2D eigenvalue weighted by Gasteiger charge is -2.14. The number of methoxy groups -OCH3 is 1. The highest BCUT2D eigenvalue weighted by atomic mass is 16.5. The molecule has 0 bridgehead atoms. The first kappa shape index (κ1) is 15.8. The van der Waals surface area contributed by atoms with Crippen LogP contribution in [0.5, 0.6) is 5.75 Å². The van der Waals surface area contributed by atoms with Gasteiger partial charge in [0.2, 0.25) is 5.91 Å². The topological polar surface area (TPSA) is 56.8 Å². The van der Waals surface area contributed by atoms with E-state index in [2.05, 4.69) is 11.4 Å². The van der Waals surface area contributed by atoms with Crippen molar-refractivity contribution < 1.29 is 19.0 Å². The first-order chi connectivity index (χ1) is 10.3. The summed E-state index contributed by atoms with van der Waals surface area (Å²) in [7, 11) is 1.61. The summed E-state index contributed by atoms with van der Waals surface area (Å²) < 4.78 is 15.8. The van der Waals surface area contributed by atoms with E-state index in [0.29, 0.717) is 32.3 Å². The van der Waals surface area contributed by atoms with Crippen molar-refractivity contribution in [1.29, 1.82) is 0 Å². The maximum atomic E-state index is 11.7. The molecule has 1 aliphatic rings. The van der Waals surface area contributed by atoms with Crippen LogP contribution < -0.4 is 10.1 Å². The Kier molecular flexibility index (Phi) is 6.50. The minimum Gasteiger partial charge on any atom is -0.493 e. The molecule has 21 heavy (non-hydrogen) atoms. The van der Waals surface area contributed by atoms with Gasteiger partial charge in [0.05, 0.1) is 19.8 Å². The summed E-state index contributed by atoms with van der Waals surface area (Å²) in [6.07, 6.45) is 1.88. The number of benzene rings is 1. The van der Waals surface area contributed by atoms with E-state index in [1.807, 2.05) is 18.2 Å². The van der Waals surface area contributed by atoms with Crippen molar-refractivity contribution >= 4 is 5.91 Å². The third-order valence-corrected chi connectivity index (χ3v) is 3.52. The molecular weight excluding hydrogens is 270 g/mol. The molecule has 1 aromatic carbocycles. The van der Waals surface area contributed by atoms with Crippen molar-refractivity contribution in [1.82, 2.24) is 5.32 Å². The van der Waals surface area contributed by atoms with Crippen molar-refractivity contribution in [2.24, 2.45) is 5.92 Å². The number of nitrogens with one attached hydrogen (secondary N) is 1. The van der Waals surface area contributed by atoms with Crippen LogP contribution in [0.4, 0.5) is 0 Å². The molecule has 1 aliphatic heterocycles. The molecule has 1 amide bonds. The van der Waals surface area contributed by atoms with Gasteiger partial charge in [-0.2, -0.15) is 0 Å². The fourth-order valence-corrected chi connectivity index (χ4v) is 2.35.